The summed E-state index contributed by atoms with van der Waals surface area (Å²) in [6.45, 7) is 6.03. The molecule has 8 nitrogen and oxygen atoms in total. The normalized spacial score (nSPS) is 17.7. The first-order valence-electron chi connectivity index (χ1n) is 15.4. The highest BCUT2D eigenvalue weighted by molar-refractivity contribution is 7.89. The molecule has 0 unspecified atom stereocenters. The average Bonchev–Trinajstić information content (AvgIpc) is 3.44. The minimum atomic E-state index is -3.77. The van der Waals surface area contributed by atoms with Crippen LogP contribution in [0.3, 0.4) is 0 Å². The Morgan fingerprint density at radius 3 is 2.29 bits per heavy atom. The monoisotopic (exact) mass is 633 g/mol. The number of amides is 1. The van der Waals surface area contributed by atoms with E-state index in [9.17, 15) is 22.4 Å². The molecule has 0 spiro atoms. The van der Waals surface area contributed by atoms with Crippen molar-refractivity contribution in [1.29, 1.82) is 0 Å². The number of carbonyl (C=O) groups excluding carboxylic acids is 2. The van der Waals surface area contributed by atoms with Gasteiger partial charge in [-0.05, 0) is 85.5 Å². The van der Waals surface area contributed by atoms with Gasteiger partial charge < -0.3 is 15.0 Å². The van der Waals surface area contributed by atoms with Crippen LogP contribution < -0.4 is 10.0 Å². The highest BCUT2D eigenvalue weighted by Gasteiger charge is 2.30. The van der Waals surface area contributed by atoms with Crippen LogP contribution in [0, 0.1) is 17.7 Å². The molecular formula is C35H40FN3O5S. The molecule has 1 atom stereocenters. The lowest BCUT2D eigenvalue weighted by Gasteiger charge is -2.29. The number of rotatable bonds is 11. The van der Waals surface area contributed by atoms with Gasteiger partial charge in [0, 0.05) is 35.0 Å². The number of halogens is 1. The van der Waals surface area contributed by atoms with Crippen molar-refractivity contribution in [2.24, 2.45) is 11.8 Å². The second-order valence-electron chi connectivity index (χ2n) is 12.3. The van der Waals surface area contributed by atoms with Gasteiger partial charge in [0.2, 0.25) is 15.9 Å². The predicted octanol–water partition coefficient (Wildman–Crippen LogP) is 6.78. The van der Waals surface area contributed by atoms with Crippen LogP contribution in [0.1, 0.15) is 70.0 Å². The third-order valence-corrected chi connectivity index (χ3v) is 9.81. The fourth-order valence-electron chi connectivity index (χ4n) is 5.69. The van der Waals surface area contributed by atoms with Gasteiger partial charge in [0.25, 0.3) is 0 Å². The van der Waals surface area contributed by atoms with Crippen LogP contribution in [-0.2, 0) is 31.0 Å². The van der Waals surface area contributed by atoms with Gasteiger partial charge in [-0.2, -0.15) is 0 Å². The van der Waals surface area contributed by atoms with Crippen molar-refractivity contribution in [2.45, 2.75) is 76.5 Å². The Hall–Kier alpha value is -4.02. The summed E-state index contributed by atoms with van der Waals surface area (Å²) < 4.78 is 48.0. The Balaban J connectivity index is 1.16. The van der Waals surface area contributed by atoms with Crippen LogP contribution in [0.15, 0.2) is 77.7 Å². The van der Waals surface area contributed by atoms with Crippen molar-refractivity contribution in [2.75, 3.05) is 0 Å². The molecule has 0 radical (unpaired) electrons. The minimum absolute atomic E-state index is 0.0687. The largest absolute Gasteiger partial charge is 0.461 e. The van der Waals surface area contributed by atoms with E-state index in [1.54, 1.807) is 30.3 Å². The van der Waals surface area contributed by atoms with Crippen molar-refractivity contribution in [3.8, 4) is 11.3 Å². The Bertz CT molecular complexity index is 1740. The summed E-state index contributed by atoms with van der Waals surface area (Å²) in [4.78, 5) is 28.2. The highest BCUT2D eigenvalue weighted by atomic mass is 32.2. The molecule has 1 amide bonds. The van der Waals surface area contributed by atoms with Crippen molar-refractivity contribution < 1.29 is 27.1 Å². The summed E-state index contributed by atoms with van der Waals surface area (Å²) in [5.41, 5.74) is 4.20. The molecule has 10 heteroatoms. The van der Waals surface area contributed by atoms with E-state index in [-0.39, 0.29) is 53.1 Å². The average molecular weight is 634 g/mol. The van der Waals surface area contributed by atoms with Crippen molar-refractivity contribution >= 4 is 32.8 Å². The lowest BCUT2D eigenvalue weighted by molar-refractivity contribution is -0.145. The molecule has 0 bridgehead atoms. The first-order chi connectivity index (χ1) is 21.5. The molecule has 5 rings (SSSR count). The van der Waals surface area contributed by atoms with E-state index in [1.807, 2.05) is 51.1 Å². The Morgan fingerprint density at radius 1 is 0.933 bits per heavy atom. The molecule has 1 heterocycles. The number of fused-ring (bicyclic) bond motifs is 1. The summed E-state index contributed by atoms with van der Waals surface area (Å²) in [5.74, 6) is -0.553. The fourth-order valence-corrected chi connectivity index (χ4v) is 7.02. The number of aromatic amines is 1. The van der Waals surface area contributed by atoms with Crippen LogP contribution in [-0.4, -0.2) is 31.3 Å². The summed E-state index contributed by atoms with van der Waals surface area (Å²) in [5, 5.41) is 3.89. The number of carbonyl (C=O) groups is 2. The second kappa shape index (κ2) is 14.0. The molecule has 45 heavy (non-hydrogen) atoms. The molecule has 0 aliphatic heterocycles. The van der Waals surface area contributed by atoms with Gasteiger partial charge in [-0.1, -0.05) is 56.3 Å². The van der Waals surface area contributed by atoms with Crippen LogP contribution in [0.25, 0.3) is 22.2 Å². The lowest BCUT2D eigenvalue weighted by Crippen LogP contribution is -2.41. The van der Waals surface area contributed by atoms with Gasteiger partial charge in [-0.3, -0.25) is 9.59 Å². The predicted molar refractivity (Wildman–Crippen MR) is 172 cm³/mol. The quantitative estimate of drug-likeness (QED) is 0.158. The van der Waals surface area contributed by atoms with Crippen molar-refractivity contribution in [1.82, 2.24) is 15.0 Å². The van der Waals surface area contributed by atoms with Gasteiger partial charge in [0.05, 0.1) is 10.9 Å². The first kappa shape index (κ1) is 32.4. The first-order valence-corrected chi connectivity index (χ1v) is 16.9. The maximum absolute atomic E-state index is 13.3. The van der Waals surface area contributed by atoms with Gasteiger partial charge in [-0.15, -0.1) is 0 Å². The molecule has 1 aliphatic carbocycles. The zero-order valence-corrected chi connectivity index (χ0v) is 26.6. The SMILES string of the molecule is CC(C)CC(=O)OCc1ccc(-c2cc3ccc(S(=O)(=O)N[C@H]4CC[C@H](C(=O)N[C@H](C)c5ccc(F)cc5)CC4)cc3[nH]2)cc1. The molecule has 3 N–H and O–H groups in total. The fraction of sp³-hybridized carbons (Fsp3) is 0.371. The zero-order chi connectivity index (χ0) is 32.1. The summed E-state index contributed by atoms with van der Waals surface area (Å²) >= 11 is 0. The van der Waals surface area contributed by atoms with Gasteiger partial charge in [-0.25, -0.2) is 17.5 Å². The van der Waals surface area contributed by atoms with Crippen molar-refractivity contribution in [3.63, 3.8) is 0 Å². The molecule has 1 aliphatic rings. The van der Waals surface area contributed by atoms with E-state index in [0.717, 1.165) is 27.8 Å². The number of benzene rings is 3. The van der Waals surface area contributed by atoms with Crippen LogP contribution in [0.5, 0.6) is 0 Å². The number of hydrogen-bond donors (Lipinski definition) is 3. The lowest BCUT2D eigenvalue weighted by atomic mass is 9.85. The molecule has 3 aromatic carbocycles. The van der Waals surface area contributed by atoms with E-state index in [2.05, 4.69) is 15.0 Å². The Kier molecular flexibility index (Phi) is 10.0. The van der Waals surface area contributed by atoms with Gasteiger partial charge in [0.15, 0.2) is 0 Å². The molecule has 4 aromatic rings. The maximum atomic E-state index is 13.3. The number of sulfonamides is 1. The smallest absolute Gasteiger partial charge is 0.306 e. The van der Waals surface area contributed by atoms with E-state index in [4.69, 9.17) is 4.74 Å². The molecular weight excluding hydrogens is 593 g/mol. The second-order valence-corrected chi connectivity index (χ2v) is 14.1. The van der Waals surface area contributed by atoms with Crippen molar-refractivity contribution in [3.05, 3.63) is 89.7 Å². The topological polar surface area (TPSA) is 117 Å². The van der Waals surface area contributed by atoms with E-state index in [1.165, 1.54) is 12.1 Å². The number of aromatic nitrogens is 1. The van der Waals surface area contributed by atoms with E-state index in [0.29, 0.717) is 37.6 Å². The third kappa shape index (κ3) is 8.38. The van der Waals surface area contributed by atoms with Crippen LogP contribution in [0.2, 0.25) is 0 Å². The Labute approximate surface area is 263 Å². The molecule has 1 aromatic heterocycles. The third-order valence-electron chi connectivity index (χ3n) is 8.29. The van der Waals surface area contributed by atoms with E-state index >= 15 is 0 Å². The zero-order valence-electron chi connectivity index (χ0n) is 25.8. The Morgan fingerprint density at radius 2 is 1.62 bits per heavy atom. The molecule has 1 fully saturated rings. The van der Waals surface area contributed by atoms with Gasteiger partial charge in [0.1, 0.15) is 12.4 Å². The van der Waals surface area contributed by atoms with Crippen LogP contribution in [0.4, 0.5) is 4.39 Å². The molecule has 238 valence electrons. The number of H-pyrrole nitrogens is 1. The highest BCUT2D eigenvalue weighted by Crippen LogP contribution is 2.29. The van der Waals surface area contributed by atoms with E-state index < -0.39 is 10.0 Å². The maximum Gasteiger partial charge on any atom is 0.306 e. The molecule has 0 saturated heterocycles. The number of ether oxygens (including phenoxy) is 1. The minimum Gasteiger partial charge on any atom is -0.461 e. The summed E-state index contributed by atoms with van der Waals surface area (Å²) in [7, 11) is -3.77. The van der Waals surface area contributed by atoms with Gasteiger partial charge >= 0.3 is 5.97 Å². The number of nitrogens with one attached hydrogen (secondary N) is 3. The summed E-state index contributed by atoms with van der Waals surface area (Å²) in [6.07, 6.45) is 2.66. The number of hydrogen-bond acceptors (Lipinski definition) is 5. The molecule has 1 saturated carbocycles. The number of esters is 1. The summed E-state index contributed by atoms with van der Waals surface area (Å²) in [6, 6.07) is 20.3. The van der Waals surface area contributed by atoms with Crippen LogP contribution >= 0.6 is 0 Å². The standard InChI is InChI=1S/C35H40FN3O5S/c1-22(2)18-34(40)44-21-24-4-6-26(7-5-24)32-19-28-12-17-31(20-33(28)38-32)45(42,43)39-30-15-10-27(11-16-30)35(41)37-23(3)25-8-13-29(36)14-9-25/h4-9,12-14,17,19-20,22-23,27,30,38-39H,10-11,15-16,18,21H2,1-3H3,(H,37,41)/t23-,27-,30-/m1/s1.